The highest BCUT2D eigenvalue weighted by Gasteiger charge is 2.13. The highest BCUT2D eigenvalue weighted by molar-refractivity contribution is 7.89. The Morgan fingerprint density at radius 2 is 1.92 bits per heavy atom. The highest BCUT2D eigenvalue weighted by Crippen LogP contribution is 2.12. The maximum atomic E-state index is 12.2. The number of nitrogens with one attached hydrogen (secondary N) is 2. The summed E-state index contributed by atoms with van der Waals surface area (Å²) in [5, 5.41) is 2.97. The normalized spacial score (nSPS) is 12.1. The summed E-state index contributed by atoms with van der Waals surface area (Å²) in [6, 6.07) is 16.0. The average molecular weight is 362 g/mol. The fourth-order valence-corrected chi connectivity index (χ4v) is 3.14. The van der Waals surface area contributed by atoms with Crippen LogP contribution in [0.4, 0.5) is 5.69 Å². The first-order chi connectivity index (χ1) is 12.0. The molecule has 25 heavy (non-hydrogen) atoms. The molecule has 0 bridgehead atoms. The standard InChI is InChI=1S/C17H22N4O3S/c1-24-11-10-20-25(22,23)16-9-5-6-14(12-16)13-19-17(18)21-15-7-3-2-4-8-15/h2-9,12,20H,10-11,13H2,1H3,(H3,18,19,21). The Labute approximate surface area is 148 Å². The van der Waals surface area contributed by atoms with Crippen LogP contribution in [0.1, 0.15) is 5.56 Å². The van der Waals surface area contributed by atoms with Crippen LogP contribution in [0.2, 0.25) is 0 Å². The Balaban J connectivity index is 2.02. The van der Waals surface area contributed by atoms with Crippen LogP contribution in [-0.4, -0.2) is 34.6 Å². The number of hydrogen-bond acceptors (Lipinski definition) is 4. The third kappa shape index (κ3) is 6.18. The average Bonchev–Trinajstić information content (AvgIpc) is 2.61. The molecular formula is C17H22N4O3S. The van der Waals surface area contributed by atoms with Crippen molar-refractivity contribution >= 4 is 21.7 Å². The second kappa shape index (κ2) is 9.16. The van der Waals surface area contributed by atoms with Gasteiger partial charge in [-0.05, 0) is 29.8 Å². The van der Waals surface area contributed by atoms with Crippen molar-refractivity contribution in [3.05, 3.63) is 60.2 Å². The Hall–Kier alpha value is -2.42. The number of rotatable bonds is 8. The molecule has 0 unspecified atom stereocenters. The molecule has 4 N–H and O–H groups in total. The van der Waals surface area contributed by atoms with Crippen molar-refractivity contribution < 1.29 is 13.2 Å². The molecule has 2 rings (SSSR count). The molecule has 0 saturated heterocycles. The van der Waals surface area contributed by atoms with E-state index in [0.29, 0.717) is 6.61 Å². The lowest BCUT2D eigenvalue weighted by Gasteiger charge is -2.08. The molecule has 0 aliphatic carbocycles. The van der Waals surface area contributed by atoms with Gasteiger partial charge in [-0.15, -0.1) is 0 Å². The third-order valence-electron chi connectivity index (χ3n) is 3.29. The number of methoxy groups -OCH3 is 1. The van der Waals surface area contributed by atoms with Gasteiger partial charge in [0.25, 0.3) is 0 Å². The number of nitrogens with two attached hydrogens (primary N) is 1. The number of aliphatic imine (C=N–C) groups is 1. The van der Waals surface area contributed by atoms with Gasteiger partial charge in [-0.25, -0.2) is 18.1 Å². The SMILES string of the molecule is COCCNS(=O)(=O)c1cccc(CN=C(N)Nc2ccccc2)c1. The van der Waals surface area contributed by atoms with Crippen molar-refractivity contribution in [2.24, 2.45) is 10.7 Å². The molecule has 0 radical (unpaired) electrons. The lowest BCUT2D eigenvalue weighted by atomic mass is 10.2. The van der Waals surface area contributed by atoms with Gasteiger partial charge in [0.15, 0.2) is 5.96 Å². The van der Waals surface area contributed by atoms with Crippen molar-refractivity contribution in [2.75, 3.05) is 25.6 Å². The molecule has 2 aromatic carbocycles. The fraction of sp³-hybridized carbons (Fsp3) is 0.235. The molecule has 0 aromatic heterocycles. The Bertz CT molecular complexity index is 808. The molecule has 0 aliphatic rings. The van der Waals surface area contributed by atoms with Gasteiger partial charge in [-0.3, -0.25) is 0 Å². The van der Waals surface area contributed by atoms with Crippen LogP contribution in [0.5, 0.6) is 0 Å². The second-order valence-corrected chi connectivity index (χ2v) is 7.00. The zero-order valence-corrected chi connectivity index (χ0v) is 14.8. The maximum absolute atomic E-state index is 12.2. The summed E-state index contributed by atoms with van der Waals surface area (Å²) in [6.45, 7) is 0.799. The molecule has 0 saturated carbocycles. The molecule has 8 heteroatoms. The predicted molar refractivity (Wildman–Crippen MR) is 98.9 cm³/mol. The van der Waals surface area contributed by atoms with Crippen LogP contribution < -0.4 is 15.8 Å². The molecular weight excluding hydrogens is 340 g/mol. The number of hydrogen-bond donors (Lipinski definition) is 3. The van der Waals surface area contributed by atoms with E-state index < -0.39 is 10.0 Å². The molecule has 134 valence electrons. The molecule has 0 amide bonds. The highest BCUT2D eigenvalue weighted by atomic mass is 32.2. The summed E-state index contributed by atoms with van der Waals surface area (Å²) in [6.07, 6.45) is 0. The van der Waals surface area contributed by atoms with E-state index in [4.69, 9.17) is 10.5 Å². The number of para-hydroxylation sites is 1. The number of ether oxygens (including phenoxy) is 1. The summed E-state index contributed by atoms with van der Waals surface area (Å²) in [7, 11) is -2.05. The minimum atomic E-state index is -3.57. The Kier molecular flexibility index (Phi) is 6.93. The summed E-state index contributed by atoms with van der Waals surface area (Å²) < 4.78 is 31.7. The summed E-state index contributed by atoms with van der Waals surface area (Å²) >= 11 is 0. The van der Waals surface area contributed by atoms with Crippen LogP contribution in [0.15, 0.2) is 64.5 Å². The number of guanidine groups is 1. The number of anilines is 1. The zero-order valence-electron chi connectivity index (χ0n) is 14.0. The van der Waals surface area contributed by atoms with Gasteiger partial charge in [0.2, 0.25) is 10.0 Å². The van der Waals surface area contributed by atoms with Gasteiger partial charge in [0, 0.05) is 19.3 Å². The lowest BCUT2D eigenvalue weighted by molar-refractivity contribution is 0.204. The van der Waals surface area contributed by atoms with Gasteiger partial charge in [0.1, 0.15) is 0 Å². The second-order valence-electron chi connectivity index (χ2n) is 5.23. The summed E-state index contributed by atoms with van der Waals surface area (Å²) in [4.78, 5) is 4.42. The van der Waals surface area contributed by atoms with Crippen LogP contribution in [0, 0.1) is 0 Å². The smallest absolute Gasteiger partial charge is 0.240 e. The van der Waals surface area contributed by atoms with E-state index in [1.165, 1.54) is 13.2 Å². The van der Waals surface area contributed by atoms with Crippen LogP contribution in [0.25, 0.3) is 0 Å². The van der Waals surface area contributed by atoms with Crippen LogP contribution >= 0.6 is 0 Å². The largest absolute Gasteiger partial charge is 0.383 e. The van der Waals surface area contributed by atoms with Gasteiger partial charge in [0.05, 0.1) is 18.0 Å². The van der Waals surface area contributed by atoms with E-state index in [-0.39, 0.29) is 23.9 Å². The number of benzene rings is 2. The number of nitrogens with zero attached hydrogens (tertiary/aromatic N) is 1. The quantitative estimate of drug-likeness (QED) is 0.375. The first-order valence-electron chi connectivity index (χ1n) is 7.71. The maximum Gasteiger partial charge on any atom is 0.240 e. The molecule has 0 heterocycles. The van der Waals surface area contributed by atoms with E-state index in [1.807, 2.05) is 30.3 Å². The Morgan fingerprint density at radius 1 is 1.16 bits per heavy atom. The van der Waals surface area contributed by atoms with Crippen molar-refractivity contribution in [1.29, 1.82) is 0 Å². The van der Waals surface area contributed by atoms with Crippen molar-refractivity contribution in [3.63, 3.8) is 0 Å². The molecule has 0 spiro atoms. The van der Waals surface area contributed by atoms with Gasteiger partial charge in [-0.2, -0.15) is 0 Å². The fourth-order valence-electron chi connectivity index (χ4n) is 2.06. The topological polar surface area (TPSA) is 106 Å². The first kappa shape index (κ1) is 18.9. The van der Waals surface area contributed by atoms with Crippen LogP contribution in [0.3, 0.4) is 0 Å². The van der Waals surface area contributed by atoms with Crippen molar-refractivity contribution in [2.45, 2.75) is 11.4 Å². The predicted octanol–water partition coefficient (Wildman–Crippen LogP) is 1.54. The minimum Gasteiger partial charge on any atom is -0.383 e. The van der Waals surface area contributed by atoms with Gasteiger partial charge < -0.3 is 15.8 Å². The molecule has 7 nitrogen and oxygen atoms in total. The van der Waals surface area contributed by atoms with E-state index in [0.717, 1.165) is 11.3 Å². The molecule has 2 aromatic rings. The van der Waals surface area contributed by atoms with Gasteiger partial charge in [-0.1, -0.05) is 30.3 Å². The number of sulfonamides is 1. The third-order valence-corrected chi connectivity index (χ3v) is 4.74. The van der Waals surface area contributed by atoms with E-state index in [2.05, 4.69) is 15.0 Å². The Morgan fingerprint density at radius 3 is 2.64 bits per heavy atom. The first-order valence-corrected chi connectivity index (χ1v) is 9.19. The van der Waals surface area contributed by atoms with E-state index in [9.17, 15) is 8.42 Å². The van der Waals surface area contributed by atoms with Crippen LogP contribution in [-0.2, 0) is 21.3 Å². The molecule has 0 fully saturated rings. The summed E-state index contributed by atoms with van der Waals surface area (Å²) in [5.41, 5.74) is 7.43. The molecule has 0 atom stereocenters. The van der Waals surface area contributed by atoms with Gasteiger partial charge >= 0.3 is 0 Å². The zero-order chi connectivity index (χ0) is 18.1. The van der Waals surface area contributed by atoms with E-state index >= 15 is 0 Å². The van der Waals surface area contributed by atoms with Crippen molar-refractivity contribution in [3.8, 4) is 0 Å². The lowest BCUT2D eigenvalue weighted by Crippen LogP contribution is -2.27. The van der Waals surface area contributed by atoms with E-state index in [1.54, 1.807) is 18.2 Å². The summed E-state index contributed by atoms with van der Waals surface area (Å²) in [5.74, 6) is 0.262. The monoisotopic (exact) mass is 362 g/mol. The minimum absolute atomic E-state index is 0.186. The molecule has 0 aliphatic heterocycles. The van der Waals surface area contributed by atoms with Crippen molar-refractivity contribution in [1.82, 2.24) is 4.72 Å².